The Morgan fingerprint density at radius 1 is 0.885 bits per heavy atom. The molecule has 0 amide bonds. The standard InChI is InChI=1S/C20H18BrNO3S/c21-18-8-4-16(5-9-18)17-6-10-20(11-7-17)26(24,25)22-19-3-1-2-15(14-19)12-13-23/h1-11,14,22-23H,12-13H2. The van der Waals surface area contributed by atoms with Gasteiger partial charge in [0.1, 0.15) is 0 Å². The molecule has 3 aromatic carbocycles. The van der Waals surface area contributed by atoms with E-state index in [2.05, 4.69) is 20.7 Å². The predicted octanol–water partition coefficient (Wildman–Crippen LogP) is 4.45. The number of aliphatic hydroxyl groups excluding tert-OH is 1. The van der Waals surface area contributed by atoms with Gasteiger partial charge >= 0.3 is 0 Å². The SMILES string of the molecule is O=S(=O)(Nc1cccc(CCO)c1)c1ccc(-c2ccc(Br)cc2)cc1. The molecule has 134 valence electrons. The van der Waals surface area contributed by atoms with E-state index < -0.39 is 10.0 Å². The lowest BCUT2D eigenvalue weighted by atomic mass is 10.1. The Hall–Kier alpha value is -2.15. The first kappa shape index (κ1) is 18.6. The third-order valence-corrected chi connectivity index (χ3v) is 5.85. The van der Waals surface area contributed by atoms with Gasteiger partial charge in [-0.3, -0.25) is 4.72 Å². The zero-order valence-electron chi connectivity index (χ0n) is 13.9. The van der Waals surface area contributed by atoms with Crippen molar-refractivity contribution in [2.75, 3.05) is 11.3 Å². The molecular formula is C20H18BrNO3S. The Kier molecular flexibility index (Phi) is 5.76. The largest absolute Gasteiger partial charge is 0.396 e. The molecule has 0 atom stereocenters. The number of halogens is 1. The van der Waals surface area contributed by atoms with Gasteiger partial charge in [0.05, 0.1) is 4.90 Å². The van der Waals surface area contributed by atoms with Gasteiger partial charge in [0.2, 0.25) is 0 Å². The summed E-state index contributed by atoms with van der Waals surface area (Å²) in [7, 11) is -3.67. The van der Waals surface area contributed by atoms with Crippen molar-refractivity contribution in [3.8, 4) is 11.1 Å². The van der Waals surface area contributed by atoms with Crippen LogP contribution in [0.3, 0.4) is 0 Å². The highest BCUT2D eigenvalue weighted by Gasteiger charge is 2.14. The molecule has 0 aromatic heterocycles. The summed E-state index contributed by atoms with van der Waals surface area (Å²) in [6.45, 7) is 0.0216. The highest BCUT2D eigenvalue weighted by Crippen LogP contribution is 2.24. The summed E-state index contributed by atoms with van der Waals surface area (Å²) in [4.78, 5) is 0.200. The second-order valence-electron chi connectivity index (χ2n) is 5.81. The summed E-state index contributed by atoms with van der Waals surface area (Å²) in [6, 6.07) is 21.6. The molecule has 0 saturated heterocycles. The van der Waals surface area contributed by atoms with E-state index in [1.165, 1.54) is 0 Å². The molecule has 0 aliphatic rings. The first-order valence-corrected chi connectivity index (χ1v) is 10.3. The van der Waals surface area contributed by atoms with Crippen LogP contribution in [0, 0.1) is 0 Å². The van der Waals surface area contributed by atoms with E-state index in [0.29, 0.717) is 12.1 Å². The summed E-state index contributed by atoms with van der Waals surface area (Å²) in [5.41, 5.74) is 3.31. The van der Waals surface area contributed by atoms with Crippen LogP contribution in [0.25, 0.3) is 11.1 Å². The number of sulfonamides is 1. The number of anilines is 1. The van der Waals surface area contributed by atoms with Crippen LogP contribution in [-0.4, -0.2) is 20.1 Å². The van der Waals surface area contributed by atoms with E-state index in [-0.39, 0.29) is 11.5 Å². The predicted molar refractivity (Wildman–Crippen MR) is 108 cm³/mol. The van der Waals surface area contributed by atoms with Crippen LogP contribution >= 0.6 is 15.9 Å². The quantitative estimate of drug-likeness (QED) is 0.605. The molecular weight excluding hydrogens is 414 g/mol. The maximum atomic E-state index is 12.6. The van der Waals surface area contributed by atoms with Gasteiger partial charge in [0.15, 0.2) is 0 Å². The molecule has 0 bridgehead atoms. The summed E-state index contributed by atoms with van der Waals surface area (Å²) in [5, 5.41) is 9.02. The highest BCUT2D eigenvalue weighted by atomic mass is 79.9. The van der Waals surface area contributed by atoms with E-state index >= 15 is 0 Å². The van der Waals surface area contributed by atoms with E-state index in [4.69, 9.17) is 5.11 Å². The maximum Gasteiger partial charge on any atom is 0.261 e. The first-order valence-electron chi connectivity index (χ1n) is 8.06. The first-order chi connectivity index (χ1) is 12.5. The summed E-state index contributed by atoms with van der Waals surface area (Å²) >= 11 is 3.40. The lowest BCUT2D eigenvalue weighted by Crippen LogP contribution is -2.13. The maximum absolute atomic E-state index is 12.6. The van der Waals surface area contributed by atoms with Gasteiger partial charge in [-0.1, -0.05) is 52.3 Å². The number of rotatable bonds is 6. The lowest BCUT2D eigenvalue weighted by Gasteiger charge is -2.10. The summed E-state index contributed by atoms with van der Waals surface area (Å²) in [5.74, 6) is 0. The molecule has 0 saturated carbocycles. The average Bonchev–Trinajstić information content (AvgIpc) is 2.63. The molecule has 0 aliphatic heterocycles. The highest BCUT2D eigenvalue weighted by molar-refractivity contribution is 9.10. The average molecular weight is 432 g/mol. The van der Waals surface area contributed by atoms with Crippen LogP contribution in [0.5, 0.6) is 0 Å². The topological polar surface area (TPSA) is 66.4 Å². The van der Waals surface area contributed by atoms with Gasteiger partial charge in [-0.25, -0.2) is 8.42 Å². The van der Waals surface area contributed by atoms with Gasteiger partial charge < -0.3 is 5.11 Å². The molecule has 4 nitrogen and oxygen atoms in total. The van der Waals surface area contributed by atoms with Crippen molar-refractivity contribution in [2.45, 2.75) is 11.3 Å². The van der Waals surface area contributed by atoms with Crippen molar-refractivity contribution in [3.05, 3.63) is 82.8 Å². The molecule has 3 rings (SSSR count). The van der Waals surface area contributed by atoms with Gasteiger partial charge in [-0.15, -0.1) is 0 Å². The summed E-state index contributed by atoms with van der Waals surface area (Å²) in [6.07, 6.45) is 0.484. The van der Waals surface area contributed by atoms with Crippen molar-refractivity contribution in [1.82, 2.24) is 0 Å². The molecule has 0 spiro atoms. The Balaban J connectivity index is 1.81. The molecule has 0 radical (unpaired) electrons. The van der Waals surface area contributed by atoms with Gasteiger partial charge in [-0.2, -0.15) is 0 Å². The van der Waals surface area contributed by atoms with Crippen molar-refractivity contribution < 1.29 is 13.5 Å². The van der Waals surface area contributed by atoms with E-state index in [1.54, 1.807) is 42.5 Å². The number of benzene rings is 3. The Bertz CT molecular complexity index is 984. The van der Waals surface area contributed by atoms with Crippen molar-refractivity contribution in [1.29, 1.82) is 0 Å². The van der Waals surface area contributed by atoms with Crippen molar-refractivity contribution in [2.24, 2.45) is 0 Å². The minimum Gasteiger partial charge on any atom is -0.396 e. The fourth-order valence-corrected chi connectivity index (χ4v) is 3.92. The molecule has 0 fully saturated rings. The summed E-state index contributed by atoms with van der Waals surface area (Å²) < 4.78 is 28.8. The molecule has 0 unspecified atom stereocenters. The van der Waals surface area contributed by atoms with Crippen LogP contribution in [0.2, 0.25) is 0 Å². The van der Waals surface area contributed by atoms with Gasteiger partial charge in [0, 0.05) is 16.8 Å². The minimum absolute atomic E-state index is 0.0216. The van der Waals surface area contributed by atoms with Gasteiger partial charge in [0.25, 0.3) is 10.0 Å². The van der Waals surface area contributed by atoms with Crippen LogP contribution in [0.4, 0.5) is 5.69 Å². The molecule has 0 heterocycles. The molecule has 6 heteroatoms. The van der Waals surface area contributed by atoms with Crippen LogP contribution in [-0.2, 0) is 16.4 Å². The third-order valence-electron chi connectivity index (χ3n) is 3.92. The Labute approximate surface area is 161 Å². The zero-order valence-corrected chi connectivity index (χ0v) is 16.3. The molecule has 26 heavy (non-hydrogen) atoms. The van der Waals surface area contributed by atoms with Crippen molar-refractivity contribution >= 4 is 31.6 Å². The van der Waals surface area contributed by atoms with Crippen molar-refractivity contribution in [3.63, 3.8) is 0 Å². The van der Waals surface area contributed by atoms with E-state index in [9.17, 15) is 8.42 Å². The lowest BCUT2D eigenvalue weighted by molar-refractivity contribution is 0.299. The number of nitrogens with one attached hydrogen (secondary N) is 1. The van der Waals surface area contributed by atoms with E-state index in [0.717, 1.165) is 21.2 Å². The Morgan fingerprint density at radius 3 is 2.12 bits per heavy atom. The number of hydrogen-bond acceptors (Lipinski definition) is 3. The molecule has 3 aromatic rings. The van der Waals surface area contributed by atoms with Gasteiger partial charge in [-0.05, 0) is 59.5 Å². The smallest absolute Gasteiger partial charge is 0.261 e. The second-order valence-corrected chi connectivity index (χ2v) is 8.41. The monoisotopic (exact) mass is 431 g/mol. The van der Waals surface area contributed by atoms with E-state index in [1.807, 2.05) is 30.3 Å². The van der Waals surface area contributed by atoms with Crippen LogP contribution in [0.15, 0.2) is 82.2 Å². The van der Waals surface area contributed by atoms with Crippen LogP contribution < -0.4 is 4.72 Å². The normalized spacial score (nSPS) is 11.3. The fraction of sp³-hybridized carbons (Fsp3) is 0.100. The molecule has 0 aliphatic carbocycles. The van der Waals surface area contributed by atoms with Crippen LogP contribution in [0.1, 0.15) is 5.56 Å². The number of hydrogen-bond donors (Lipinski definition) is 2. The Morgan fingerprint density at radius 2 is 1.50 bits per heavy atom. The number of aliphatic hydroxyl groups is 1. The minimum atomic E-state index is -3.67. The fourth-order valence-electron chi connectivity index (χ4n) is 2.60. The zero-order chi connectivity index (χ0) is 18.6. The third kappa shape index (κ3) is 4.52. The second kappa shape index (κ2) is 8.03. The molecule has 2 N–H and O–H groups in total.